The van der Waals surface area contributed by atoms with Gasteiger partial charge < -0.3 is 15.0 Å². The van der Waals surface area contributed by atoms with Gasteiger partial charge in [0.25, 0.3) is 0 Å². The quantitative estimate of drug-likeness (QED) is 0.898. The molecular formula is C20H21F2N3O2. The Morgan fingerprint density at radius 1 is 1.07 bits per heavy atom. The van der Waals surface area contributed by atoms with Crippen molar-refractivity contribution in [2.45, 2.75) is 13.0 Å². The average Bonchev–Trinajstić information content (AvgIpc) is 3.12. The second kappa shape index (κ2) is 7.52. The van der Waals surface area contributed by atoms with Crippen molar-refractivity contribution in [1.29, 1.82) is 0 Å². The molecule has 4 rings (SSSR count). The lowest BCUT2D eigenvalue weighted by atomic mass is 10.1. The number of carbonyl (C=O) groups is 1. The highest BCUT2D eigenvalue weighted by Crippen LogP contribution is 2.26. The number of rotatable bonds is 3. The minimum absolute atomic E-state index is 0.0100. The van der Waals surface area contributed by atoms with Gasteiger partial charge >= 0.3 is 6.03 Å². The van der Waals surface area contributed by atoms with E-state index in [9.17, 15) is 13.6 Å². The molecule has 2 amide bonds. The second-order valence-corrected chi connectivity index (χ2v) is 6.86. The summed E-state index contributed by atoms with van der Waals surface area (Å²) in [6.07, 6.45) is 0.955. The Balaban J connectivity index is 1.30. The number of nitrogens with one attached hydrogen (secondary N) is 1. The fourth-order valence-corrected chi connectivity index (χ4v) is 3.49. The lowest BCUT2D eigenvalue weighted by molar-refractivity contribution is 0.143. The first-order chi connectivity index (χ1) is 13.1. The van der Waals surface area contributed by atoms with Crippen LogP contribution in [-0.4, -0.2) is 48.6 Å². The maximum absolute atomic E-state index is 13.7. The highest BCUT2D eigenvalue weighted by atomic mass is 19.1. The summed E-state index contributed by atoms with van der Waals surface area (Å²) >= 11 is 0. The summed E-state index contributed by atoms with van der Waals surface area (Å²) in [6, 6.07) is 9.05. The molecule has 0 unspecified atom stereocenters. The van der Waals surface area contributed by atoms with Crippen LogP contribution in [0, 0.1) is 11.6 Å². The number of nitrogens with zero attached hydrogens (tertiary/aromatic N) is 2. The van der Waals surface area contributed by atoms with E-state index in [1.54, 1.807) is 4.90 Å². The zero-order valence-corrected chi connectivity index (χ0v) is 14.9. The number of amides is 2. The van der Waals surface area contributed by atoms with Gasteiger partial charge in [-0.1, -0.05) is 12.1 Å². The maximum atomic E-state index is 13.7. The molecule has 0 atom stereocenters. The van der Waals surface area contributed by atoms with Crippen molar-refractivity contribution in [2.24, 2.45) is 0 Å². The number of carbonyl (C=O) groups excluding carboxylic acids is 1. The fraction of sp³-hybridized carbons (Fsp3) is 0.350. The summed E-state index contributed by atoms with van der Waals surface area (Å²) in [5.74, 6) is -0.465. The molecule has 1 N–H and O–H groups in total. The van der Waals surface area contributed by atoms with Gasteiger partial charge in [0.2, 0.25) is 0 Å². The van der Waals surface area contributed by atoms with E-state index >= 15 is 0 Å². The highest BCUT2D eigenvalue weighted by Gasteiger charge is 2.22. The van der Waals surface area contributed by atoms with Gasteiger partial charge in [0.1, 0.15) is 17.4 Å². The van der Waals surface area contributed by atoms with E-state index in [1.165, 1.54) is 17.2 Å². The van der Waals surface area contributed by atoms with Crippen LogP contribution < -0.4 is 10.1 Å². The largest absolute Gasteiger partial charge is 0.493 e. The third kappa shape index (κ3) is 4.03. The van der Waals surface area contributed by atoms with Crippen molar-refractivity contribution >= 4 is 11.7 Å². The van der Waals surface area contributed by atoms with E-state index in [0.29, 0.717) is 13.1 Å². The molecule has 142 valence electrons. The topological polar surface area (TPSA) is 44.8 Å². The number of fused-ring (bicyclic) bond motifs is 1. The van der Waals surface area contributed by atoms with Crippen LogP contribution in [0.15, 0.2) is 36.4 Å². The zero-order chi connectivity index (χ0) is 18.8. The predicted molar refractivity (Wildman–Crippen MR) is 97.9 cm³/mol. The van der Waals surface area contributed by atoms with Gasteiger partial charge in [-0.25, -0.2) is 13.6 Å². The summed E-state index contributed by atoms with van der Waals surface area (Å²) in [4.78, 5) is 16.3. The maximum Gasteiger partial charge on any atom is 0.322 e. The average molecular weight is 373 g/mol. The molecule has 2 aliphatic rings. The van der Waals surface area contributed by atoms with Crippen LogP contribution in [0.1, 0.15) is 11.1 Å². The van der Waals surface area contributed by atoms with E-state index in [2.05, 4.69) is 22.3 Å². The molecule has 0 saturated carbocycles. The lowest BCUT2D eigenvalue weighted by Crippen LogP contribution is -2.49. The summed E-state index contributed by atoms with van der Waals surface area (Å²) in [5, 5.41) is 2.51. The number of hydrogen-bond acceptors (Lipinski definition) is 3. The Labute approximate surface area is 156 Å². The van der Waals surface area contributed by atoms with Gasteiger partial charge in [-0.05, 0) is 29.3 Å². The first kappa shape index (κ1) is 17.7. The highest BCUT2D eigenvalue weighted by molar-refractivity contribution is 5.89. The number of hydrogen-bond donors (Lipinski definition) is 1. The Hall–Kier alpha value is -2.67. The fourth-order valence-electron chi connectivity index (χ4n) is 3.49. The van der Waals surface area contributed by atoms with Gasteiger partial charge in [-0.2, -0.15) is 0 Å². The molecule has 0 aromatic heterocycles. The molecule has 7 heteroatoms. The molecular weight excluding hydrogens is 352 g/mol. The molecule has 0 spiro atoms. The molecule has 27 heavy (non-hydrogen) atoms. The third-order valence-corrected chi connectivity index (χ3v) is 4.99. The Kier molecular flexibility index (Phi) is 4.94. The standard InChI is InChI=1S/C20H21F2N3O2/c21-16-2-3-18(17(22)12-16)23-20(26)25-8-6-24(7-9-25)13-14-1-4-19-15(11-14)5-10-27-19/h1-4,11-12H,5-10,13H2,(H,23,26). The smallest absolute Gasteiger partial charge is 0.322 e. The van der Waals surface area contributed by atoms with Crippen LogP contribution in [0.2, 0.25) is 0 Å². The summed E-state index contributed by atoms with van der Waals surface area (Å²) in [6.45, 7) is 4.18. The van der Waals surface area contributed by atoms with E-state index in [-0.39, 0.29) is 11.7 Å². The molecule has 2 aromatic rings. The molecule has 1 fully saturated rings. The van der Waals surface area contributed by atoms with Gasteiger partial charge in [0.15, 0.2) is 0 Å². The van der Waals surface area contributed by atoms with Crippen LogP contribution in [0.5, 0.6) is 5.75 Å². The Morgan fingerprint density at radius 2 is 1.89 bits per heavy atom. The number of urea groups is 1. The number of piperazine rings is 1. The van der Waals surface area contributed by atoms with Crippen molar-refractivity contribution in [3.05, 3.63) is 59.2 Å². The SMILES string of the molecule is O=C(Nc1ccc(F)cc1F)N1CCN(Cc2ccc3c(c2)CCO3)CC1. The zero-order valence-electron chi connectivity index (χ0n) is 14.9. The summed E-state index contributed by atoms with van der Waals surface area (Å²) in [5.41, 5.74) is 2.49. The van der Waals surface area contributed by atoms with E-state index in [4.69, 9.17) is 4.74 Å². The number of benzene rings is 2. The van der Waals surface area contributed by atoms with Crippen molar-refractivity contribution in [3.63, 3.8) is 0 Å². The van der Waals surface area contributed by atoms with E-state index in [0.717, 1.165) is 50.5 Å². The monoisotopic (exact) mass is 373 g/mol. The van der Waals surface area contributed by atoms with Crippen molar-refractivity contribution in [3.8, 4) is 5.75 Å². The van der Waals surface area contributed by atoms with Crippen LogP contribution in [-0.2, 0) is 13.0 Å². The molecule has 2 heterocycles. The molecule has 2 aromatic carbocycles. The van der Waals surface area contributed by atoms with Gasteiger partial charge in [0.05, 0.1) is 12.3 Å². The van der Waals surface area contributed by atoms with Crippen LogP contribution >= 0.6 is 0 Å². The Morgan fingerprint density at radius 3 is 2.67 bits per heavy atom. The van der Waals surface area contributed by atoms with E-state index in [1.807, 2.05) is 6.07 Å². The molecule has 5 nitrogen and oxygen atoms in total. The first-order valence-corrected chi connectivity index (χ1v) is 9.06. The van der Waals surface area contributed by atoms with Crippen LogP contribution in [0.4, 0.5) is 19.3 Å². The first-order valence-electron chi connectivity index (χ1n) is 9.06. The molecule has 1 saturated heterocycles. The van der Waals surface area contributed by atoms with Crippen molar-refractivity contribution in [2.75, 3.05) is 38.1 Å². The summed E-state index contributed by atoms with van der Waals surface area (Å²) < 4.78 is 32.2. The predicted octanol–water partition coefficient (Wildman–Crippen LogP) is 3.25. The van der Waals surface area contributed by atoms with Gasteiger partial charge in [-0.3, -0.25) is 4.90 Å². The molecule has 0 radical (unpaired) electrons. The minimum Gasteiger partial charge on any atom is -0.493 e. The van der Waals surface area contributed by atoms with Gasteiger partial charge in [0, 0.05) is 45.2 Å². The second-order valence-electron chi connectivity index (χ2n) is 6.86. The molecule has 0 aliphatic carbocycles. The number of halogens is 2. The lowest BCUT2D eigenvalue weighted by Gasteiger charge is -2.34. The van der Waals surface area contributed by atoms with Crippen molar-refractivity contribution in [1.82, 2.24) is 9.80 Å². The molecule has 2 aliphatic heterocycles. The minimum atomic E-state index is -0.775. The number of ether oxygens (including phenoxy) is 1. The van der Waals surface area contributed by atoms with Gasteiger partial charge in [-0.15, -0.1) is 0 Å². The summed E-state index contributed by atoms with van der Waals surface area (Å²) in [7, 11) is 0. The normalized spacial score (nSPS) is 16.7. The van der Waals surface area contributed by atoms with Crippen LogP contribution in [0.25, 0.3) is 0 Å². The Bertz CT molecular complexity index is 851. The van der Waals surface area contributed by atoms with Crippen molar-refractivity contribution < 1.29 is 18.3 Å². The third-order valence-electron chi connectivity index (χ3n) is 4.99. The van der Waals surface area contributed by atoms with E-state index < -0.39 is 11.6 Å². The molecule has 0 bridgehead atoms. The van der Waals surface area contributed by atoms with Crippen LogP contribution in [0.3, 0.4) is 0 Å². The number of anilines is 1.